The third kappa shape index (κ3) is 3.74. The van der Waals surface area contributed by atoms with Gasteiger partial charge in [0.05, 0.1) is 0 Å². The van der Waals surface area contributed by atoms with E-state index in [1.54, 1.807) is 0 Å². The third-order valence-electron chi connectivity index (χ3n) is 4.08. The Morgan fingerprint density at radius 1 is 1.31 bits per heavy atom. The van der Waals surface area contributed by atoms with E-state index < -0.39 is 0 Å². The molecule has 0 spiro atoms. The first-order valence-corrected chi connectivity index (χ1v) is 7.02. The van der Waals surface area contributed by atoms with Crippen LogP contribution in [0.2, 0.25) is 0 Å². The Hall–Kier alpha value is -0.0800. The second kappa shape index (κ2) is 6.61. The van der Waals surface area contributed by atoms with E-state index in [0.29, 0.717) is 6.04 Å². The number of nitrogens with zero attached hydrogens (tertiary/aromatic N) is 1. The van der Waals surface area contributed by atoms with Crippen molar-refractivity contribution in [2.75, 3.05) is 19.6 Å². The normalized spacial score (nSPS) is 33.9. The minimum absolute atomic E-state index is 0.673. The average Bonchev–Trinajstić information content (AvgIpc) is 2.23. The molecule has 0 amide bonds. The summed E-state index contributed by atoms with van der Waals surface area (Å²) in [5.74, 6) is 1.71. The van der Waals surface area contributed by atoms with Crippen LogP contribution in [0.25, 0.3) is 0 Å². The quantitative estimate of drug-likeness (QED) is 0.725. The predicted octanol–water partition coefficient (Wildman–Crippen LogP) is 2.74. The van der Waals surface area contributed by atoms with Crippen LogP contribution in [0, 0.1) is 11.8 Å². The molecule has 1 rings (SSSR count). The fourth-order valence-electron chi connectivity index (χ4n) is 2.95. The first kappa shape index (κ1) is 14.0. The van der Waals surface area contributed by atoms with Crippen LogP contribution < -0.4 is 5.32 Å². The van der Waals surface area contributed by atoms with Gasteiger partial charge in [-0.15, -0.1) is 0 Å². The average molecular weight is 226 g/mol. The zero-order chi connectivity index (χ0) is 12.1. The largest absolute Gasteiger partial charge is 0.315 e. The van der Waals surface area contributed by atoms with Crippen LogP contribution in [0.3, 0.4) is 0 Å². The van der Waals surface area contributed by atoms with E-state index in [1.807, 2.05) is 0 Å². The van der Waals surface area contributed by atoms with Crippen LogP contribution in [-0.2, 0) is 0 Å². The van der Waals surface area contributed by atoms with Crippen LogP contribution in [0.15, 0.2) is 0 Å². The molecule has 1 saturated heterocycles. The molecular weight excluding hydrogens is 196 g/mol. The van der Waals surface area contributed by atoms with E-state index in [9.17, 15) is 0 Å². The van der Waals surface area contributed by atoms with Crippen LogP contribution in [0.1, 0.15) is 47.5 Å². The fraction of sp³-hybridized carbons (Fsp3) is 1.00. The maximum atomic E-state index is 3.54. The predicted molar refractivity (Wildman–Crippen MR) is 71.7 cm³/mol. The summed E-state index contributed by atoms with van der Waals surface area (Å²) in [5.41, 5.74) is 0. The summed E-state index contributed by atoms with van der Waals surface area (Å²) in [6.45, 7) is 15.3. The first-order chi connectivity index (χ1) is 7.56. The Morgan fingerprint density at radius 3 is 2.62 bits per heavy atom. The molecule has 1 fully saturated rings. The van der Waals surface area contributed by atoms with Gasteiger partial charge in [-0.3, -0.25) is 4.90 Å². The van der Waals surface area contributed by atoms with Crippen molar-refractivity contribution in [1.29, 1.82) is 0 Å². The lowest BCUT2D eigenvalue weighted by Crippen LogP contribution is -2.52. The highest BCUT2D eigenvalue weighted by Crippen LogP contribution is 2.28. The molecule has 0 aromatic rings. The van der Waals surface area contributed by atoms with Crippen molar-refractivity contribution in [3.05, 3.63) is 0 Å². The van der Waals surface area contributed by atoms with Gasteiger partial charge in [-0.05, 0) is 45.1 Å². The zero-order valence-corrected chi connectivity index (χ0v) is 11.8. The number of hydrogen-bond donors (Lipinski definition) is 1. The van der Waals surface area contributed by atoms with Crippen molar-refractivity contribution in [2.45, 2.75) is 59.5 Å². The Balaban J connectivity index is 2.42. The molecule has 0 saturated carbocycles. The van der Waals surface area contributed by atoms with E-state index >= 15 is 0 Å². The number of nitrogens with one attached hydrogen (secondary N) is 1. The number of likely N-dealkylation sites (tertiary alicyclic amines) is 1. The first-order valence-electron chi connectivity index (χ1n) is 7.02. The van der Waals surface area contributed by atoms with Crippen molar-refractivity contribution < 1.29 is 0 Å². The standard InChI is InChI=1S/C14H30N2/c1-6-7-15-9-13(4)16-10-11(2)8-12(3)14(16)5/h11-15H,6-10H2,1-5H3. The summed E-state index contributed by atoms with van der Waals surface area (Å²) in [4.78, 5) is 2.70. The van der Waals surface area contributed by atoms with Crippen LogP contribution in [0.4, 0.5) is 0 Å². The van der Waals surface area contributed by atoms with E-state index in [0.717, 1.165) is 31.0 Å². The Labute approximate surface area is 102 Å². The monoisotopic (exact) mass is 226 g/mol. The van der Waals surface area contributed by atoms with E-state index in [2.05, 4.69) is 44.8 Å². The third-order valence-corrected chi connectivity index (χ3v) is 4.08. The van der Waals surface area contributed by atoms with Crippen molar-refractivity contribution in [1.82, 2.24) is 10.2 Å². The van der Waals surface area contributed by atoms with E-state index in [1.165, 1.54) is 19.4 Å². The van der Waals surface area contributed by atoms with Crippen LogP contribution in [0.5, 0.6) is 0 Å². The maximum Gasteiger partial charge on any atom is 0.0195 e. The van der Waals surface area contributed by atoms with E-state index in [4.69, 9.17) is 0 Å². The topological polar surface area (TPSA) is 15.3 Å². The SMILES string of the molecule is CCCNCC(C)N1CC(C)CC(C)C1C. The van der Waals surface area contributed by atoms with Crippen molar-refractivity contribution in [3.63, 3.8) is 0 Å². The molecule has 96 valence electrons. The Morgan fingerprint density at radius 2 is 2.00 bits per heavy atom. The van der Waals surface area contributed by atoms with Gasteiger partial charge in [0.2, 0.25) is 0 Å². The fourth-order valence-corrected chi connectivity index (χ4v) is 2.95. The molecule has 1 N–H and O–H groups in total. The highest BCUT2D eigenvalue weighted by Gasteiger charge is 2.31. The second-order valence-corrected chi connectivity index (χ2v) is 5.81. The number of piperidine rings is 1. The molecule has 0 aromatic carbocycles. The van der Waals surface area contributed by atoms with Crippen molar-refractivity contribution >= 4 is 0 Å². The Bertz CT molecular complexity index is 193. The molecule has 1 aliphatic rings. The molecule has 0 aromatic heterocycles. The summed E-state index contributed by atoms with van der Waals surface area (Å²) in [6.07, 6.45) is 2.63. The molecule has 2 nitrogen and oxygen atoms in total. The van der Waals surface area contributed by atoms with Gasteiger partial charge in [-0.1, -0.05) is 20.8 Å². The smallest absolute Gasteiger partial charge is 0.0195 e. The Kier molecular flexibility index (Phi) is 5.77. The van der Waals surface area contributed by atoms with Gasteiger partial charge >= 0.3 is 0 Å². The molecule has 4 unspecified atom stereocenters. The van der Waals surface area contributed by atoms with Gasteiger partial charge in [0.15, 0.2) is 0 Å². The molecule has 0 bridgehead atoms. The summed E-state index contributed by atoms with van der Waals surface area (Å²) in [6, 6.07) is 1.42. The van der Waals surface area contributed by atoms with Gasteiger partial charge in [-0.25, -0.2) is 0 Å². The maximum absolute atomic E-state index is 3.54. The summed E-state index contributed by atoms with van der Waals surface area (Å²) >= 11 is 0. The number of rotatable bonds is 5. The minimum Gasteiger partial charge on any atom is -0.315 e. The van der Waals surface area contributed by atoms with Gasteiger partial charge in [0, 0.05) is 25.2 Å². The zero-order valence-electron chi connectivity index (χ0n) is 11.8. The van der Waals surface area contributed by atoms with Gasteiger partial charge in [-0.2, -0.15) is 0 Å². The summed E-state index contributed by atoms with van der Waals surface area (Å²) < 4.78 is 0. The molecule has 0 aliphatic carbocycles. The van der Waals surface area contributed by atoms with Gasteiger partial charge in [0.25, 0.3) is 0 Å². The van der Waals surface area contributed by atoms with Crippen LogP contribution >= 0.6 is 0 Å². The molecule has 1 heterocycles. The lowest BCUT2D eigenvalue weighted by molar-refractivity contribution is 0.0466. The molecule has 1 aliphatic heterocycles. The molecule has 2 heteroatoms. The van der Waals surface area contributed by atoms with Gasteiger partial charge < -0.3 is 5.32 Å². The van der Waals surface area contributed by atoms with Crippen LogP contribution in [-0.4, -0.2) is 36.6 Å². The highest BCUT2D eigenvalue weighted by molar-refractivity contribution is 4.85. The van der Waals surface area contributed by atoms with E-state index in [-0.39, 0.29) is 0 Å². The van der Waals surface area contributed by atoms with Crippen molar-refractivity contribution in [2.24, 2.45) is 11.8 Å². The molecule has 0 radical (unpaired) electrons. The second-order valence-electron chi connectivity index (χ2n) is 5.81. The van der Waals surface area contributed by atoms with Gasteiger partial charge in [0.1, 0.15) is 0 Å². The molecule has 16 heavy (non-hydrogen) atoms. The summed E-state index contributed by atoms with van der Waals surface area (Å²) in [5, 5.41) is 3.54. The minimum atomic E-state index is 0.673. The number of hydrogen-bond acceptors (Lipinski definition) is 2. The van der Waals surface area contributed by atoms with Crippen molar-refractivity contribution in [3.8, 4) is 0 Å². The summed E-state index contributed by atoms with van der Waals surface area (Å²) in [7, 11) is 0. The molecular formula is C14H30N2. The molecule has 4 atom stereocenters. The highest BCUT2D eigenvalue weighted by atomic mass is 15.2. The lowest BCUT2D eigenvalue weighted by atomic mass is 9.85. The lowest BCUT2D eigenvalue weighted by Gasteiger charge is -2.44.